The molecule has 2 N–H and O–H groups in total. The highest BCUT2D eigenvalue weighted by molar-refractivity contribution is 5.67. The summed E-state index contributed by atoms with van der Waals surface area (Å²) in [5, 5.41) is 10.8. The van der Waals surface area contributed by atoms with Crippen LogP contribution in [0.4, 0.5) is 27.3 Å². The zero-order chi connectivity index (χ0) is 16.4. The number of aromatic nitrogens is 1. The molecular weight excluding hydrogens is 301 g/mol. The summed E-state index contributed by atoms with van der Waals surface area (Å²) < 4.78 is 14.2. The molecule has 1 fully saturated rings. The van der Waals surface area contributed by atoms with E-state index in [9.17, 15) is 14.5 Å². The van der Waals surface area contributed by atoms with Crippen LogP contribution in [0.2, 0.25) is 0 Å². The van der Waals surface area contributed by atoms with Crippen LogP contribution in [0.3, 0.4) is 0 Å². The number of halogens is 1. The summed E-state index contributed by atoms with van der Waals surface area (Å²) in [5.41, 5.74) is 5.53. The smallest absolute Gasteiger partial charge is 0.295 e. The van der Waals surface area contributed by atoms with Gasteiger partial charge in [0.05, 0.1) is 16.7 Å². The Hall–Kier alpha value is -2.90. The molecule has 0 unspecified atom stereocenters. The van der Waals surface area contributed by atoms with E-state index in [4.69, 9.17) is 5.73 Å². The van der Waals surface area contributed by atoms with Gasteiger partial charge in [-0.1, -0.05) is 6.07 Å². The summed E-state index contributed by atoms with van der Waals surface area (Å²) in [4.78, 5) is 18.4. The maximum absolute atomic E-state index is 14.2. The molecule has 0 saturated carbocycles. The number of nitrogens with two attached hydrogens (primary N) is 1. The molecule has 0 spiro atoms. The SMILES string of the molecule is Nc1cc(N2CCN(c3ccccn3)CC2)c(F)cc1[N+](=O)[O-]. The van der Waals surface area contributed by atoms with Crippen molar-refractivity contribution >= 4 is 22.9 Å². The third-order valence-electron chi connectivity index (χ3n) is 3.89. The van der Waals surface area contributed by atoms with E-state index in [1.165, 1.54) is 6.07 Å². The van der Waals surface area contributed by atoms with E-state index in [2.05, 4.69) is 9.88 Å². The van der Waals surface area contributed by atoms with Gasteiger partial charge in [-0.05, 0) is 18.2 Å². The predicted molar refractivity (Wildman–Crippen MR) is 86.1 cm³/mol. The van der Waals surface area contributed by atoms with Crippen molar-refractivity contribution in [2.75, 3.05) is 41.7 Å². The van der Waals surface area contributed by atoms with Gasteiger partial charge in [0.15, 0.2) is 5.82 Å². The third kappa shape index (κ3) is 3.01. The predicted octanol–water partition coefficient (Wildman–Crippen LogP) is 2.04. The number of pyridine rings is 1. The second-order valence-corrected chi connectivity index (χ2v) is 5.28. The van der Waals surface area contributed by atoms with E-state index in [1.54, 1.807) is 6.20 Å². The molecule has 1 aromatic heterocycles. The molecule has 0 bridgehead atoms. The van der Waals surface area contributed by atoms with Crippen molar-refractivity contribution in [3.8, 4) is 0 Å². The van der Waals surface area contributed by atoms with Crippen LogP contribution in [-0.2, 0) is 0 Å². The van der Waals surface area contributed by atoms with Gasteiger partial charge in [0.25, 0.3) is 5.69 Å². The quantitative estimate of drug-likeness (QED) is 0.529. The van der Waals surface area contributed by atoms with Crippen molar-refractivity contribution in [3.63, 3.8) is 0 Å². The van der Waals surface area contributed by atoms with E-state index >= 15 is 0 Å². The summed E-state index contributed by atoms with van der Waals surface area (Å²) >= 11 is 0. The summed E-state index contributed by atoms with van der Waals surface area (Å²) in [6.07, 6.45) is 1.73. The molecule has 1 aromatic carbocycles. The summed E-state index contributed by atoms with van der Waals surface area (Å²) in [6, 6.07) is 7.93. The van der Waals surface area contributed by atoms with Crippen molar-refractivity contribution in [1.82, 2.24) is 4.98 Å². The summed E-state index contributed by atoms with van der Waals surface area (Å²) in [5.74, 6) is 0.257. The largest absolute Gasteiger partial charge is 0.393 e. The maximum Gasteiger partial charge on any atom is 0.295 e. The van der Waals surface area contributed by atoms with Gasteiger partial charge in [-0.2, -0.15) is 0 Å². The van der Waals surface area contributed by atoms with Gasteiger partial charge >= 0.3 is 0 Å². The highest BCUT2D eigenvalue weighted by atomic mass is 19.1. The number of hydrogen-bond donors (Lipinski definition) is 1. The summed E-state index contributed by atoms with van der Waals surface area (Å²) in [6.45, 7) is 2.55. The van der Waals surface area contributed by atoms with Crippen LogP contribution in [0, 0.1) is 15.9 Å². The molecule has 1 saturated heterocycles. The number of nitrogen functional groups attached to an aromatic ring is 1. The molecule has 0 aliphatic carbocycles. The number of rotatable bonds is 3. The lowest BCUT2D eigenvalue weighted by Crippen LogP contribution is -2.47. The van der Waals surface area contributed by atoms with Gasteiger partial charge in [0.2, 0.25) is 0 Å². The second-order valence-electron chi connectivity index (χ2n) is 5.28. The van der Waals surface area contributed by atoms with Crippen LogP contribution in [-0.4, -0.2) is 36.1 Å². The standard InChI is InChI=1S/C15H16FN5O2/c16-11-9-14(21(22)23)12(17)10-13(11)19-5-7-20(8-6-19)15-3-1-2-4-18-15/h1-4,9-10H,5-8,17H2. The minimum atomic E-state index is -0.679. The molecular formula is C15H16FN5O2. The minimum Gasteiger partial charge on any atom is -0.393 e. The molecule has 2 heterocycles. The van der Waals surface area contributed by atoms with E-state index in [0.717, 1.165) is 11.9 Å². The lowest BCUT2D eigenvalue weighted by Gasteiger charge is -2.36. The van der Waals surface area contributed by atoms with Gasteiger partial charge in [-0.25, -0.2) is 9.37 Å². The van der Waals surface area contributed by atoms with Crippen LogP contribution >= 0.6 is 0 Å². The molecule has 7 nitrogen and oxygen atoms in total. The Balaban J connectivity index is 1.75. The molecule has 23 heavy (non-hydrogen) atoms. The van der Waals surface area contributed by atoms with Crippen molar-refractivity contribution in [1.29, 1.82) is 0 Å². The Kier molecular flexibility index (Phi) is 3.96. The van der Waals surface area contributed by atoms with Crippen LogP contribution in [0.1, 0.15) is 0 Å². The first-order valence-electron chi connectivity index (χ1n) is 7.20. The fraction of sp³-hybridized carbons (Fsp3) is 0.267. The van der Waals surface area contributed by atoms with Crippen molar-refractivity contribution in [2.45, 2.75) is 0 Å². The molecule has 8 heteroatoms. The highest BCUT2D eigenvalue weighted by Crippen LogP contribution is 2.31. The second kappa shape index (κ2) is 6.07. The Bertz CT molecular complexity index is 717. The Morgan fingerprint density at radius 1 is 1.17 bits per heavy atom. The normalized spacial score (nSPS) is 14.8. The summed E-state index contributed by atoms with van der Waals surface area (Å²) in [7, 11) is 0. The number of piperazine rings is 1. The lowest BCUT2D eigenvalue weighted by atomic mass is 10.2. The number of nitro benzene ring substituents is 1. The van der Waals surface area contributed by atoms with E-state index < -0.39 is 16.4 Å². The van der Waals surface area contributed by atoms with Gasteiger partial charge in [0.1, 0.15) is 11.5 Å². The molecule has 0 amide bonds. The van der Waals surface area contributed by atoms with Crippen molar-refractivity contribution in [3.05, 3.63) is 52.5 Å². The molecule has 0 radical (unpaired) electrons. The average Bonchev–Trinajstić information content (AvgIpc) is 2.57. The molecule has 0 atom stereocenters. The zero-order valence-corrected chi connectivity index (χ0v) is 12.4. The zero-order valence-electron chi connectivity index (χ0n) is 12.4. The molecule has 2 aromatic rings. The van der Waals surface area contributed by atoms with E-state index in [-0.39, 0.29) is 5.69 Å². The molecule has 1 aliphatic heterocycles. The van der Waals surface area contributed by atoms with Gasteiger partial charge in [-0.15, -0.1) is 0 Å². The van der Waals surface area contributed by atoms with Crippen LogP contribution < -0.4 is 15.5 Å². The van der Waals surface area contributed by atoms with E-state index in [0.29, 0.717) is 31.9 Å². The molecule has 3 rings (SSSR count). The lowest BCUT2D eigenvalue weighted by molar-refractivity contribution is -0.384. The number of benzene rings is 1. The van der Waals surface area contributed by atoms with Gasteiger partial charge in [-0.3, -0.25) is 10.1 Å². The van der Waals surface area contributed by atoms with E-state index in [1.807, 2.05) is 23.1 Å². The Morgan fingerprint density at radius 3 is 2.48 bits per heavy atom. The Labute approximate surface area is 132 Å². The van der Waals surface area contributed by atoms with Gasteiger partial charge in [0, 0.05) is 32.4 Å². The first kappa shape index (κ1) is 15.0. The highest BCUT2D eigenvalue weighted by Gasteiger charge is 2.23. The van der Waals surface area contributed by atoms with Gasteiger partial charge < -0.3 is 15.5 Å². The topological polar surface area (TPSA) is 88.5 Å². The van der Waals surface area contributed by atoms with Crippen molar-refractivity contribution in [2.24, 2.45) is 0 Å². The monoisotopic (exact) mass is 317 g/mol. The first-order valence-corrected chi connectivity index (χ1v) is 7.20. The number of anilines is 3. The fourth-order valence-electron chi connectivity index (χ4n) is 2.69. The first-order chi connectivity index (χ1) is 11.1. The molecule has 120 valence electrons. The van der Waals surface area contributed by atoms with Crippen molar-refractivity contribution < 1.29 is 9.31 Å². The third-order valence-corrected chi connectivity index (χ3v) is 3.89. The minimum absolute atomic E-state index is 0.0291. The average molecular weight is 317 g/mol. The maximum atomic E-state index is 14.2. The Morgan fingerprint density at radius 2 is 1.87 bits per heavy atom. The molecule has 1 aliphatic rings. The van der Waals surface area contributed by atoms with Crippen LogP contribution in [0.5, 0.6) is 0 Å². The van der Waals surface area contributed by atoms with Crippen LogP contribution in [0.25, 0.3) is 0 Å². The number of nitrogens with zero attached hydrogens (tertiary/aromatic N) is 4. The van der Waals surface area contributed by atoms with Crippen LogP contribution in [0.15, 0.2) is 36.5 Å². The number of hydrogen-bond acceptors (Lipinski definition) is 6. The number of nitro groups is 1. The fourth-order valence-corrected chi connectivity index (χ4v) is 2.69.